The Hall–Kier alpha value is -3.19. The molecule has 232 valence electrons. The third-order valence-corrected chi connectivity index (χ3v) is 18.6. The Labute approximate surface area is 269 Å². The maximum absolute atomic E-state index is 7.75. The summed E-state index contributed by atoms with van der Waals surface area (Å²) in [4.78, 5) is 0. The van der Waals surface area contributed by atoms with Crippen molar-refractivity contribution in [1.29, 1.82) is 0 Å². The average Bonchev–Trinajstić information content (AvgIpc) is 2.97. The van der Waals surface area contributed by atoms with Crippen molar-refractivity contribution >= 4 is 22.2 Å². The Bertz CT molecular complexity index is 1430. The molecule has 2 nitrogen and oxygen atoms in total. The van der Waals surface area contributed by atoms with Crippen LogP contribution in [0, 0.1) is 0 Å². The first kappa shape index (κ1) is 33.7. The van der Waals surface area contributed by atoms with E-state index in [1.54, 1.807) is 0 Å². The molecule has 0 fully saturated rings. The van der Waals surface area contributed by atoms with Gasteiger partial charge in [-0.05, 0) is 58.5 Å². The average molecular weight is 621 g/mol. The van der Waals surface area contributed by atoms with E-state index in [2.05, 4.69) is 189 Å². The lowest BCUT2D eigenvalue weighted by atomic mass is 9.81. The number of hydrogen-bond donors (Lipinski definition) is 0. The first-order valence-corrected chi connectivity index (χ1v) is 21.7. The number of hydrogen-bond acceptors (Lipinski definition) is 2. The van der Waals surface area contributed by atoms with E-state index in [4.69, 9.17) is 8.85 Å². The van der Waals surface area contributed by atoms with Crippen LogP contribution >= 0.6 is 0 Å². The van der Waals surface area contributed by atoms with Gasteiger partial charge in [0, 0.05) is 12.0 Å². The molecule has 0 N–H and O–H groups in total. The molecule has 0 radical (unpaired) electrons. The minimum Gasteiger partial charge on any atom is -0.546 e. The summed E-state index contributed by atoms with van der Waals surface area (Å²) in [6.07, 6.45) is 0.569. The normalized spacial score (nSPS) is 13.0. The van der Waals surface area contributed by atoms with Gasteiger partial charge in [0.05, 0.1) is 5.76 Å². The van der Waals surface area contributed by atoms with Gasteiger partial charge in [0.2, 0.25) is 8.32 Å². The van der Waals surface area contributed by atoms with Gasteiger partial charge in [0.15, 0.2) is 8.32 Å². The van der Waals surface area contributed by atoms with Crippen molar-refractivity contribution in [2.75, 3.05) is 0 Å². The van der Waals surface area contributed by atoms with E-state index < -0.39 is 22.2 Å². The van der Waals surface area contributed by atoms with E-state index >= 15 is 0 Å². The molecular formula is C40H52O2Si2. The molecular weight excluding hydrogens is 569 g/mol. The predicted octanol–water partition coefficient (Wildman–Crippen LogP) is 11.8. The van der Waals surface area contributed by atoms with Crippen molar-refractivity contribution in [1.82, 2.24) is 0 Å². The molecule has 4 rings (SSSR count). The van der Waals surface area contributed by atoms with Crippen LogP contribution in [0.5, 0.6) is 0 Å². The third kappa shape index (κ3) is 7.36. The fourth-order valence-corrected chi connectivity index (χ4v) is 7.67. The van der Waals surface area contributed by atoms with Crippen molar-refractivity contribution in [3.63, 3.8) is 0 Å². The smallest absolute Gasteiger partial charge is 0.250 e. The largest absolute Gasteiger partial charge is 0.546 e. The highest BCUT2D eigenvalue weighted by atomic mass is 28.4. The second kappa shape index (κ2) is 13.0. The van der Waals surface area contributed by atoms with Gasteiger partial charge < -0.3 is 8.85 Å². The highest BCUT2D eigenvalue weighted by Gasteiger charge is 2.49. The van der Waals surface area contributed by atoms with Crippen molar-refractivity contribution in [3.8, 4) is 0 Å². The van der Waals surface area contributed by atoms with Gasteiger partial charge in [-0.15, -0.1) is 0 Å². The molecule has 0 aromatic heterocycles. The van der Waals surface area contributed by atoms with Crippen LogP contribution < -0.4 is 0 Å². The van der Waals surface area contributed by atoms with Gasteiger partial charge >= 0.3 is 0 Å². The number of benzene rings is 4. The second-order valence-electron chi connectivity index (χ2n) is 15.0. The summed E-state index contributed by atoms with van der Waals surface area (Å²) in [5, 5.41) is 0.0207. The standard InChI is InChI=1S/C40H52O2Si2/c1-38(2,3)43(7,8)41-36(37(32-23-15-11-16-24-32)33-25-17-12-18-26-33)31-40(34-27-19-13-20-28-34,35-29-21-14-22-30-35)42-44(9,10)39(4,5)6/h11-30H,31H2,1-10H3. The summed E-state index contributed by atoms with van der Waals surface area (Å²) < 4.78 is 15.3. The van der Waals surface area contributed by atoms with Crippen LogP contribution in [0.15, 0.2) is 127 Å². The van der Waals surface area contributed by atoms with Gasteiger partial charge in [0.1, 0.15) is 5.60 Å². The van der Waals surface area contributed by atoms with Crippen LogP contribution in [0.3, 0.4) is 0 Å². The van der Waals surface area contributed by atoms with Crippen LogP contribution in [0.25, 0.3) is 5.57 Å². The van der Waals surface area contributed by atoms with Crippen LogP contribution in [-0.4, -0.2) is 16.6 Å². The van der Waals surface area contributed by atoms with E-state index in [0.717, 1.165) is 33.6 Å². The molecule has 4 aromatic rings. The summed E-state index contributed by atoms with van der Waals surface area (Å²) in [7, 11) is -4.62. The Morgan fingerprint density at radius 3 is 1.18 bits per heavy atom. The minimum atomic E-state index is -2.33. The van der Waals surface area contributed by atoms with Crippen LogP contribution in [0.4, 0.5) is 0 Å². The summed E-state index contributed by atoms with van der Waals surface area (Å²) >= 11 is 0. The van der Waals surface area contributed by atoms with Crippen molar-refractivity contribution in [3.05, 3.63) is 149 Å². The lowest BCUT2D eigenvalue weighted by Crippen LogP contribution is -2.50. The molecule has 0 aliphatic carbocycles. The predicted molar refractivity (Wildman–Crippen MR) is 194 cm³/mol. The van der Waals surface area contributed by atoms with E-state index in [0.29, 0.717) is 6.42 Å². The maximum Gasteiger partial charge on any atom is 0.250 e. The molecule has 0 saturated carbocycles. The third-order valence-electron chi connectivity index (χ3n) is 9.71. The monoisotopic (exact) mass is 620 g/mol. The van der Waals surface area contributed by atoms with E-state index in [1.807, 2.05) is 0 Å². The Balaban J connectivity index is 2.14. The van der Waals surface area contributed by atoms with E-state index in [9.17, 15) is 0 Å². The summed E-state index contributed by atoms with van der Waals surface area (Å²) in [6, 6.07) is 43.1. The van der Waals surface area contributed by atoms with E-state index in [1.165, 1.54) is 0 Å². The molecule has 0 saturated heterocycles. The molecule has 0 amide bonds. The lowest BCUT2D eigenvalue weighted by molar-refractivity contribution is 0.0814. The van der Waals surface area contributed by atoms with Crippen molar-refractivity contribution in [2.45, 2.75) is 89.8 Å². The molecule has 0 bridgehead atoms. The lowest BCUT2D eigenvalue weighted by Gasteiger charge is -2.48. The first-order valence-electron chi connectivity index (χ1n) is 15.9. The van der Waals surface area contributed by atoms with Gasteiger partial charge in [-0.2, -0.15) is 0 Å². The Kier molecular flexibility index (Phi) is 9.99. The molecule has 0 atom stereocenters. The second-order valence-corrected chi connectivity index (χ2v) is 24.4. The zero-order valence-corrected chi connectivity index (χ0v) is 30.6. The maximum atomic E-state index is 7.75. The molecule has 0 aliphatic rings. The zero-order chi connectivity index (χ0) is 32.2. The summed E-state index contributed by atoms with van der Waals surface area (Å²) in [5.41, 5.74) is 4.95. The van der Waals surface area contributed by atoms with Crippen LogP contribution in [0.1, 0.15) is 70.2 Å². The highest BCUT2D eigenvalue weighted by molar-refractivity contribution is 6.74. The van der Waals surface area contributed by atoms with Gasteiger partial charge in [-0.3, -0.25) is 0 Å². The fourth-order valence-electron chi connectivity index (χ4n) is 5.09. The molecule has 0 spiro atoms. The topological polar surface area (TPSA) is 18.5 Å². The Morgan fingerprint density at radius 2 is 0.841 bits per heavy atom. The fraction of sp³-hybridized carbons (Fsp3) is 0.350. The summed E-state index contributed by atoms with van der Waals surface area (Å²) in [6.45, 7) is 23.3. The molecule has 0 aliphatic heterocycles. The molecule has 4 aromatic carbocycles. The van der Waals surface area contributed by atoms with Crippen molar-refractivity contribution in [2.24, 2.45) is 0 Å². The Morgan fingerprint density at radius 1 is 0.500 bits per heavy atom. The number of rotatable bonds is 10. The zero-order valence-electron chi connectivity index (χ0n) is 28.6. The molecule has 4 heteroatoms. The van der Waals surface area contributed by atoms with Gasteiger partial charge in [-0.25, -0.2) is 0 Å². The molecule has 0 heterocycles. The van der Waals surface area contributed by atoms with Gasteiger partial charge in [0.25, 0.3) is 0 Å². The quantitative estimate of drug-likeness (QED) is 0.130. The van der Waals surface area contributed by atoms with Crippen LogP contribution in [-0.2, 0) is 14.5 Å². The minimum absolute atomic E-state index is 0.00761. The van der Waals surface area contributed by atoms with Gasteiger partial charge in [-0.1, -0.05) is 163 Å². The van der Waals surface area contributed by atoms with Crippen LogP contribution in [0.2, 0.25) is 36.3 Å². The summed E-state index contributed by atoms with van der Waals surface area (Å²) in [5.74, 6) is 0.986. The van der Waals surface area contributed by atoms with E-state index in [-0.39, 0.29) is 10.1 Å². The highest BCUT2D eigenvalue weighted by Crippen LogP contribution is 2.50. The first-order chi connectivity index (χ1) is 20.6. The SMILES string of the molecule is CC(C)(C)[Si](C)(C)OC(CC(O[Si](C)(C)C(C)(C)C)(c1ccccc1)c1ccccc1)=C(c1ccccc1)c1ccccc1. The molecule has 0 unspecified atom stereocenters. The van der Waals surface area contributed by atoms with Crippen molar-refractivity contribution < 1.29 is 8.85 Å². The molecule has 44 heavy (non-hydrogen) atoms.